The molecule has 114 valence electrons. The normalized spacial score (nSPS) is 12.9. The molecule has 1 aromatic rings. The number of aliphatic hydroxyl groups excluding tert-OH is 1. The van der Waals surface area contributed by atoms with Crippen molar-refractivity contribution in [2.24, 2.45) is 0 Å². The predicted octanol–water partition coefficient (Wildman–Crippen LogP) is 0.334. The first-order valence-corrected chi connectivity index (χ1v) is 8.94. The Hall–Kier alpha value is -1.19. The largest absolute Gasteiger partial charge is 0.393 e. The number of anilines is 1. The number of carbonyl (C=O) groups is 1. The number of nitrogens with one attached hydrogen (secondary N) is 2. The third-order valence-corrected chi connectivity index (χ3v) is 3.94. The van der Waals surface area contributed by atoms with Crippen molar-refractivity contribution in [2.45, 2.75) is 32.3 Å². The van der Waals surface area contributed by atoms with Crippen molar-refractivity contribution in [3.05, 3.63) is 11.1 Å². The van der Waals surface area contributed by atoms with Gasteiger partial charge in [0.2, 0.25) is 15.9 Å². The number of aliphatic hydroxyl groups is 1. The summed E-state index contributed by atoms with van der Waals surface area (Å²) in [4.78, 5) is 15.6. The van der Waals surface area contributed by atoms with Gasteiger partial charge in [0.1, 0.15) is 0 Å². The van der Waals surface area contributed by atoms with E-state index in [4.69, 9.17) is 0 Å². The van der Waals surface area contributed by atoms with Gasteiger partial charge in [0.15, 0.2) is 5.13 Å². The summed E-state index contributed by atoms with van der Waals surface area (Å²) in [6.07, 6.45) is 1.90. The number of sulfonamides is 1. The summed E-state index contributed by atoms with van der Waals surface area (Å²) in [5, 5.41) is 13.9. The minimum atomic E-state index is -3.35. The van der Waals surface area contributed by atoms with E-state index >= 15 is 0 Å². The van der Waals surface area contributed by atoms with E-state index in [1.807, 2.05) is 6.92 Å². The van der Waals surface area contributed by atoms with E-state index in [1.165, 1.54) is 0 Å². The van der Waals surface area contributed by atoms with E-state index in [0.29, 0.717) is 25.1 Å². The Labute approximate surface area is 122 Å². The molecule has 1 unspecified atom stereocenters. The maximum Gasteiger partial charge on any atom is 0.231 e. The summed E-state index contributed by atoms with van der Waals surface area (Å²) >= 11 is 1.13. The van der Waals surface area contributed by atoms with E-state index in [0.717, 1.165) is 17.6 Å². The van der Waals surface area contributed by atoms with Crippen molar-refractivity contribution in [3.8, 4) is 0 Å². The minimum absolute atomic E-state index is 0.0875. The van der Waals surface area contributed by atoms with Crippen molar-refractivity contribution in [3.63, 3.8) is 0 Å². The first kappa shape index (κ1) is 16.9. The molecule has 1 heterocycles. The molecule has 0 bridgehead atoms. The molecule has 0 saturated heterocycles. The lowest BCUT2D eigenvalue weighted by Gasteiger charge is -2.08. The Morgan fingerprint density at radius 2 is 2.25 bits per heavy atom. The molecule has 1 atom stereocenters. The minimum Gasteiger partial charge on any atom is -0.393 e. The van der Waals surface area contributed by atoms with Crippen LogP contribution < -0.4 is 10.0 Å². The zero-order chi connectivity index (χ0) is 15.2. The lowest BCUT2D eigenvalue weighted by atomic mass is 10.2. The predicted molar refractivity (Wildman–Crippen MR) is 78.2 cm³/mol. The van der Waals surface area contributed by atoms with Gasteiger partial charge >= 0.3 is 0 Å². The fraction of sp³-hybridized carbons (Fsp3) is 0.636. The second kappa shape index (κ2) is 7.55. The highest BCUT2D eigenvalue weighted by Crippen LogP contribution is 2.16. The van der Waals surface area contributed by atoms with Gasteiger partial charge in [0, 0.05) is 11.9 Å². The lowest BCUT2D eigenvalue weighted by Crippen LogP contribution is -2.28. The van der Waals surface area contributed by atoms with E-state index in [9.17, 15) is 18.3 Å². The van der Waals surface area contributed by atoms with Crippen LogP contribution in [0.15, 0.2) is 5.38 Å². The average molecular weight is 321 g/mol. The number of hydrogen-bond acceptors (Lipinski definition) is 6. The molecule has 1 rings (SSSR count). The van der Waals surface area contributed by atoms with Gasteiger partial charge in [0.25, 0.3) is 0 Å². The first-order chi connectivity index (χ1) is 9.30. The monoisotopic (exact) mass is 321 g/mol. The molecule has 0 spiro atoms. The van der Waals surface area contributed by atoms with E-state index in [1.54, 1.807) is 5.38 Å². The molecule has 0 radical (unpaired) electrons. The average Bonchev–Trinajstić information content (AvgIpc) is 2.73. The maximum absolute atomic E-state index is 11.6. The zero-order valence-corrected chi connectivity index (χ0v) is 13.1. The highest BCUT2D eigenvalue weighted by atomic mass is 32.2. The summed E-state index contributed by atoms with van der Waals surface area (Å²) in [6, 6.07) is 0. The molecule has 0 aliphatic heterocycles. The van der Waals surface area contributed by atoms with Crippen molar-refractivity contribution >= 4 is 32.4 Å². The standard InChI is InChI=1S/C11H19N3O4S2/c1-3-9(15)4-5-12-10(16)6-8-7-19-11(13-8)14-20(2,17)18/h7,9,15H,3-6H2,1-2H3,(H,12,16)(H,13,14). The first-order valence-electron chi connectivity index (χ1n) is 6.17. The number of amides is 1. The third-order valence-electron chi connectivity index (χ3n) is 2.44. The smallest absolute Gasteiger partial charge is 0.231 e. The van der Waals surface area contributed by atoms with Crippen molar-refractivity contribution in [1.82, 2.24) is 10.3 Å². The number of thiazole rings is 1. The van der Waals surface area contributed by atoms with Crippen LogP contribution >= 0.6 is 11.3 Å². The Morgan fingerprint density at radius 3 is 2.85 bits per heavy atom. The molecule has 1 amide bonds. The Morgan fingerprint density at radius 1 is 1.55 bits per heavy atom. The molecule has 0 aliphatic rings. The highest BCUT2D eigenvalue weighted by molar-refractivity contribution is 7.92. The van der Waals surface area contributed by atoms with Crippen LogP contribution in [0.1, 0.15) is 25.5 Å². The molecular weight excluding hydrogens is 302 g/mol. The van der Waals surface area contributed by atoms with Gasteiger partial charge in [-0.3, -0.25) is 9.52 Å². The summed E-state index contributed by atoms with van der Waals surface area (Å²) in [5.41, 5.74) is 0.509. The van der Waals surface area contributed by atoms with Gasteiger partial charge < -0.3 is 10.4 Å². The molecule has 0 fully saturated rings. The molecular formula is C11H19N3O4S2. The SMILES string of the molecule is CCC(O)CCNC(=O)Cc1csc(NS(C)(=O)=O)n1. The number of rotatable bonds is 8. The summed E-state index contributed by atoms with van der Waals surface area (Å²) in [6.45, 7) is 2.28. The molecule has 0 aliphatic carbocycles. The topological polar surface area (TPSA) is 108 Å². The van der Waals surface area contributed by atoms with Gasteiger partial charge in [-0.15, -0.1) is 11.3 Å². The summed E-state index contributed by atoms with van der Waals surface area (Å²) < 4.78 is 24.3. The fourth-order valence-corrected chi connectivity index (χ4v) is 2.97. The van der Waals surface area contributed by atoms with Crippen molar-refractivity contribution < 1.29 is 18.3 Å². The van der Waals surface area contributed by atoms with Gasteiger partial charge in [-0.05, 0) is 12.8 Å². The van der Waals surface area contributed by atoms with E-state index in [-0.39, 0.29) is 17.5 Å². The molecule has 20 heavy (non-hydrogen) atoms. The quantitative estimate of drug-likeness (QED) is 0.639. The lowest BCUT2D eigenvalue weighted by molar-refractivity contribution is -0.120. The third kappa shape index (κ3) is 6.83. The molecule has 3 N–H and O–H groups in total. The van der Waals surface area contributed by atoms with Crippen LogP contribution in [-0.4, -0.2) is 43.3 Å². The van der Waals surface area contributed by atoms with Gasteiger partial charge in [-0.25, -0.2) is 13.4 Å². The van der Waals surface area contributed by atoms with Crippen molar-refractivity contribution in [2.75, 3.05) is 17.5 Å². The van der Waals surface area contributed by atoms with Gasteiger partial charge in [-0.1, -0.05) is 6.92 Å². The van der Waals surface area contributed by atoms with E-state index in [2.05, 4.69) is 15.0 Å². The van der Waals surface area contributed by atoms with Gasteiger partial charge in [0.05, 0.1) is 24.5 Å². The zero-order valence-electron chi connectivity index (χ0n) is 11.4. The molecule has 0 saturated carbocycles. The van der Waals surface area contributed by atoms with Crippen molar-refractivity contribution in [1.29, 1.82) is 0 Å². The van der Waals surface area contributed by atoms with Crippen LogP contribution in [0.25, 0.3) is 0 Å². The van der Waals surface area contributed by atoms with Crippen LogP contribution in [0.5, 0.6) is 0 Å². The Balaban J connectivity index is 2.39. The van der Waals surface area contributed by atoms with Crippen LogP contribution in [0, 0.1) is 0 Å². The second-order valence-corrected chi connectivity index (χ2v) is 7.00. The van der Waals surface area contributed by atoms with E-state index < -0.39 is 16.1 Å². The number of carbonyl (C=O) groups excluding carboxylic acids is 1. The number of hydrogen-bond donors (Lipinski definition) is 3. The Bertz CT molecular complexity index is 542. The second-order valence-electron chi connectivity index (χ2n) is 4.40. The van der Waals surface area contributed by atoms with Crippen LogP contribution in [0.4, 0.5) is 5.13 Å². The molecule has 0 aromatic carbocycles. The molecule has 9 heteroatoms. The van der Waals surface area contributed by atoms with Crippen LogP contribution in [-0.2, 0) is 21.2 Å². The fourth-order valence-electron chi connectivity index (χ4n) is 1.40. The number of nitrogens with zero attached hydrogens (tertiary/aromatic N) is 1. The number of aromatic nitrogens is 1. The molecule has 7 nitrogen and oxygen atoms in total. The van der Waals surface area contributed by atoms with Crippen LogP contribution in [0.3, 0.4) is 0 Å². The highest BCUT2D eigenvalue weighted by Gasteiger charge is 2.10. The Kier molecular flexibility index (Phi) is 6.37. The summed E-state index contributed by atoms with van der Waals surface area (Å²) in [7, 11) is -3.35. The molecule has 1 aromatic heterocycles. The van der Waals surface area contributed by atoms with Crippen LogP contribution in [0.2, 0.25) is 0 Å². The summed E-state index contributed by atoms with van der Waals surface area (Å²) in [5.74, 6) is -0.204. The maximum atomic E-state index is 11.6. The van der Waals surface area contributed by atoms with Gasteiger partial charge in [-0.2, -0.15) is 0 Å².